The second kappa shape index (κ2) is 5.97. The van der Waals surface area contributed by atoms with E-state index in [0.29, 0.717) is 26.2 Å². The van der Waals surface area contributed by atoms with E-state index in [2.05, 4.69) is 14.8 Å². The van der Waals surface area contributed by atoms with Crippen LogP contribution in [0.2, 0.25) is 0 Å². The number of nitrogens with one attached hydrogen (secondary N) is 1. The quantitative estimate of drug-likeness (QED) is 0.669. The van der Waals surface area contributed by atoms with Crippen LogP contribution < -0.4 is 10.6 Å². The molecule has 0 spiro atoms. The Morgan fingerprint density at radius 2 is 2.05 bits per heavy atom. The summed E-state index contributed by atoms with van der Waals surface area (Å²) in [7, 11) is -1.53. The maximum atomic E-state index is 12.1. The number of hydrazine groups is 1. The molecule has 1 aliphatic rings. The van der Waals surface area contributed by atoms with Crippen LogP contribution in [0.5, 0.6) is 0 Å². The Labute approximate surface area is 113 Å². The Hall–Kier alpha value is -1.00. The van der Waals surface area contributed by atoms with Crippen LogP contribution in [0.25, 0.3) is 0 Å². The first-order chi connectivity index (χ1) is 9.01. The van der Waals surface area contributed by atoms with E-state index in [1.807, 2.05) is 7.05 Å². The van der Waals surface area contributed by atoms with Gasteiger partial charge in [-0.25, -0.2) is 13.4 Å². The summed E-state index contributed by atoms with van der Waals surface area (Å²) in [6.07, 6.45) is 2.83. The standard InChI is InChI=1S/C10H20N6O2S/c1-14-4-6-15(7-5-14)13-19(17,18)10-8-12-16(9-10)3-2-11/h8-9,13H,2-7,11H2,1H3. The van der Waals surface area contributed by atoms with Gasteiger partial charge >= 0.3 is 0 Å². The molecule has 1 saturated heterocycles. The van der Waals surface area contributed by atoms with Crippen LogP contribution in [0.15, 0.2) is 17.3 Å². The third-order valence-corrected chi connectivity index (χ3v) is 4.36. The lowest BCUT2D eigenvalue weighted by molar-refractivity contribution is 0.135. The molecule has 2 heterocycles. The topological polar surface area (TPSA) is 96.5 Å². The van der Waals surface area contributed by atoms with Gasteiger partial charge in [-0.05, 0) is 7.05 Å². The summed E-state index contributed by atoms with van der Waals surface area (Å²) in [6.45, 7) is 3.96. The minimum Gasteiger partial charge on any atom is -0.329 e. The van der Waals surface area contributed by atoms with Crippen molar-refractivity contribution in [2.45, 2.75) is 11.4 Å². The lowest BCUT2D eigenvalue weighted by atomic mass is 10.4. The number of aromatic nitrogens is 2. The smallest absolute Gasteiger partial charge is 0.256 e. The van der Waals surface area contributed by atoms with E-state index >= 15 is 0 Å². The molecule has 0 bridgehead atoms. The highest BCUT2D eigenvalue weighted by Crippen LogP contribution is 2.08. The van der Waals surface area contributed by atoms with Gasteiger partial charge in [0.15, 0.2) is 0 Å². The molecule has 0 radical (unpaired) electrons. The fourth-order valence-corrected chi connectivity index (χ4v) is 2.93. The summed E-state index contributed by atoms with van der Waals surface area (Å²) < 4.78 is 25.8. The van der Waals surface area contributed by atoms with Gasteiger partial charge in [0.2, 0.25) is 0 Å². The number of nitrogens with zero attached hydrogens (tertiary/aromatic N) is 4. The minimum atomic E-state index is -3.54. The van der Waals surface area contributed by atoms with Crippen LogP contribution >= 0.6 is 0 Å². The maximum absolute atomic E-state index is 12.1. The van der Waals surface area contributed by atoms with Gasteiger partial charge in [0.25, 0.3) is 10.0 Å². The molecular weight excluding hydrogens is 268 g/mol. The van der Waals surface area contributed by atoms with Gasteiger partial charge in [-0.2, -0.15) is 5.10 Å². The van der Waals surface area contributed by atoms with Crippen LogP contribution in [0.3, 0.4) is 0 Å². The molecule has 3 N–H and O–H groups in total. The Morgan fingerprint density at radius 3 is 2.68 bits per heavy atom. The molecule has 0 aromatic carbocycles. The molecule has 1 aliphatic heterocycles. The zero-order chi connectivity index (χ0) is 13.9. The number of piperazine rings is 1. The van der Waals surface area contributed by atoms with Crippen molar-refractivity contribution in [3.63, 3.8) is 0 Å². The molecule has 9 heteroatoms. The average molecular weight is 288 g/mol. The number of hydrogen-bond donors (Lipinski definition) is 2. The van der Waals surface area contributed by atoms with Crippen LogP contribution in [-0.4, -0.2) is 67.9 Å². The summed E-state index contributed by atoms with van der Waals surface area (Å²) >= 11 is 0. The van der Waals surface area contributed by atoms with Crippen molar-refractivity contribution in [1.82, 2.24) is 24.5 Å². The third-order valence-electron chi connectivity index (χ3n) is 3.03. The van der Waals surface area contributed by atoms with Crippen molar-refractivity contribution >= 4 is 10.0 Å². The van der Waals surface area contributed by atoms with E-state index in [9.17, 15) is 8.42 Å². The zero-order valence-corrected chi connectivity index (χ0v) is 11.8. The van der Waals surface area contributed by atoms with Crippen molar-refractivity contribution in [3.05, 3.63) is 12.4 Å². The van der Waals surface area contributed by atoms with Crippen LogP contribution in [0.4, 0.5) is 0 Å². The fraction of sp³-hybridized carbons (Fsp3) is 0.700. The van der Waals surface area contributed by atoms with Crippen molar-refractivity contribution in [1.29, 1.82) is 0 Å². The average Bonchev–Trinajstić information content (AvgIpc) is 2.82. The lowest BCUT2D eigenvalue weighted by Crippen LogP contribution is -2.52. The summed E-state index contributed by atoms with van der Waals surface area (Å²) in [5.41, 5.74) is 5.40. The molecule has 19 heavy (non-hydrogen) atoms. The number of nitrogens with two attached hydrogens (primary N) is 1. The fourth-order valence-electron chi connectivity index (χ4n) is 1.86. The van der Waals surface area contributed by atoms with Crippen LogP contribution in [-0.2, 0) is 16.6 Å². The molecule has 0 saturated carbocycles. The molecule has 2 rings (SSSR count). The van der Waals surface area contributed by atoms with Crippen LogP contribution in [0, 0.1) is 0 Å². The predicted molar refractivity (Wildman–Crippen MR) is 70.7 cm³/mol. The normalized spacial score (nSPS) is 18.8. The van der Waals surface area contributed by atoms with Gasteiger partial charge in [-0.1, -0.05) is 0 Å². The zero-order valence-electron chi connectivity index (χ0n) is 11.0. The van der Waals surface area contributed by atoms with Gasteiger partial charge < -0.3 is 10.6 Å². The van der Waals surface area contributed by atoms with Crippen LogP contribution in [0.1, 0.15) is 0 Å². The Morgan fingerprint density at radius 1 is 1.37 bits per heavy atom. The minimum absolute atomic E-state index is 0.167. The highest BCUT2D eigenvalue weighted by atomic mass is 32.2. The first-order valence-corrected chi connectivity index (χ1v) is 7.68. The van der Waals surface area contributed by atoms with Gasteiger partial charge in [0.1, 0.15) is 4.90 Å². The molecule has 0 aliphatic carbocycles. The molecule has 1 aromatic rings. The lowest BCUT2D eigenvalue weighted by Gasteiger charge is -2.31. The summed E-state index contributed by atoms with van der Waals surface area (Å²) in [5, 5.41) is 5.69. The Kier molecular flexibility index (Phi) is 4.53. The van der Waals surface area contributed by atoms with E-state index in [-0.39, 0.29) is 4.90 Å². The van der Waals surface area contributed by atoms with Crippen molar-refractivity contribution in [3.8, 4) is 0 Å². The molecule has 0 atom stereocenters. The van der Waals surface area contributed by atoms with Crippen molar-refractivity contribution < 1.29 is 8.42 Å². The molecule has 0 amide bonds. The predicted octanol–water partition coefficient (Wildman–Crippen LogP) is -1.72. The number of hydrogen-bond acceptors (Lipinski definition) is 6. The van der Waals surface area contributed by atoms with E-state index in [4.69, 9.17) is 5.73 Å². The summed E-state index contributed by atoms with van der Waals surface area (Å²) in [5.74, 6) is 0. The number of rotatable bonds is 5. The summed E-state index contributed by atoms with van der Waals surface area (Å²) in [6, 6.07) is 0. The largest absolute Gasteiger partial charge is 0.329 e. The molecule has 8 nitrogen and oxygen atoms in total. The Balaban J connectivity index is 2.01. The Bertz CT molecular complexity index is 506. The van der Waals surface area contributed by atoms with Gasteiger partial charge in [-0.15, -0.1) is 4.83 Å². The van der Waals surface area contributed by atoms with Crippen molar-refractivity contribution in [2.24, 2.45) is 5.73 Å². The molecule has 1 aromatic heterocycles. The maximum Gasteiger partial charge on any atom is 0.256 e. The van der Waals surface area contributed by atoms with E-state index < -0.39 is 10.0 Å². The van der Waals surface area contributed by atoms with Gasteiger partial charge in [-0.3, -0.25) is 4.68 Å². The molecule has 0 unspecified atom stereocenters. The second-order valence-electron chi connectivity index (χ2n) is 4.61. The second-order valence-corrected chi connectivity index (χ2v) is 6.27. The molecular formula is C10H20N6O2S. The van der Waals surface area contributed by atoms with Gasteiger partial charge in [0.05, 0.1) is 12.7 Å². The highest BCUT2D eigenvalue weighted by molar-refractivity contribution is 7.89. The molecule has 1 fully saturated rings. The van der Waals surface area contributed by atoms with E-state index in [1.165, 1.54) is 17.1 Å². The van der Waals surface area contributed by atoms with E-state index in [0.717, 1.165) is 13.1 Å². The van der Waals surface area contributed by atoms with Crippen molar-refractivity contribution in [2.75, 3.05) is 39.8 Å². The van der Waals surface area contributed by atoms with Gasteiger partial charge in [0, 0.05) is 38.9 Å². The van der Waals surface area contributed by atoms with E-state index in [1.54, 1.807) is 5.01 Å². The third kappa shape index (κ3) is 3.74. The summed E-state index contributed by atoms with van der Waals surface area (Å²) in [4.78, 5) is 4.91. The number of likely N-dealkylation sites (N-methyl/N-ethyl adjacent to an activating group) is 1. The monoisotopic (exact) mass is 288 g/mol. The SMILES string of the molecule is CN1CCN(NS(=O)(=O)c2cnn(CCN)c2)CC1. The first kappa shape index (κ1) is 14.4. The first-order valence-electron chi connectivity index (χ1n) is 6.20. The highest BCUT2D eigenvalue weighted by Gasteiger charge is 2.22. The number of sulfonamides is 1. The molecule has 108 valence electrons.